The van der Waals surface area contributed by atoms with Gasteiger partial charge in [-0.15, -0.1) is 0 Å². The van der Waals surface area contributed by atoms with Crippen molar-refractivity contribution in [3.63, 3.8) is 0 Å². The van der Waals surface area contributed by atoms with Gasteiger partial charge in [-0.25, -0.2) is 0 Å². The zero-order chi connectivity index (χ0) is 13.0. The third-order valence-electron chi connectivity index (χ3n) is 4.44. The highest BCUT2D eigenvalue weighted by Crippen LogP contribution is 2.34. The van der Waals surface area contributed by atoms with Crippen LogP contribution in [0.2, 0.25) is 0 Å². The second-order valence-corrected chi connectivity index (χ2v) is 5.88. The van der Waals surface area contributed by atoms with E-state index in [0.717, 1.165) is 5.92 Å². The van der Waals surface area contributed by atoms with Crippen LogP contribution in [0.4, 0.5) is 0 Å². The lowest BCUT2D eigenvalue weighted by molar-refractivity contribution is 0.340. The van der Waals surface area contributed by atoms with Gasteiger partial charge in [0, 0.05) is 6.04 Å². The summed E-state index contributed by atoms with van der Waals surface area (Å²) in [6.07, 6.45) is 8.46. The summed E-state index contributed by atoms with van der Waals surface area (Å²) in [4.78, 5) is 0. The maximum atomic E-state index is 3.58. The summed E-state index contributed by atoms with van der Waals surface area (Å²) < 4.78 is 0. The molecule has 1 nitrogen and oxygen atoms in total. The molecule has 100 valence electrons. The standard InChI is InChI=1S/C17H27N/c1-13-10-11-16(14(2)12-13)17(18-3)15-8-6-4-5-7-9-15/h10-12,15,17-18H,4-9H2,1-3H3. The SMILES string of the molecule is CNC(c1ccc(C)cc1C)C1CCCCCC1. The van der Waals surface area contributed by atoms with Crippen molar-refractivity contribution < 1.29 is 0 Å². The van der Waals surface area contributed by atoms with Crippen LogP contribution >= 0.6 is 0 Å². The van der Waals surface area contributed by atoms with Crippen molar-refractivity contribution in [2.75, 3.05) is 7.05 Å². The lowest BCUT2D eigenvalue weighted by Crippen LogP contribution is -2.25. The lowest BCUT2D eigenvalue weighted by Gasteiger charge is -2.28. The van der Waals surface area contributed by atoms with E-state index in [1.54, 1.807) is 0 Å². The van der Waals surface area contributed by atoms with Gasteiger partial charge >= 0.3 is 0 Å². The van der Waals surface area contributed by atoms with Crippen molar-refractivity contribution in [1.82, 2.24) is 5.32 Å². The zero-order valence-electron chi connectivity index (χ0n) is 12.1. The summed E-state index contributed by atoms with van der Waals surface area (Å²) >= 11 is 0. The Kier molecular flexibility index (Phi) is 4.82. The molecule has 0 spiro atoms. The van der Waals surface area contributed by atoms with Crippen molar-refractivity contribution in [3.8, 4) is 0 Å². The minimum absolute atomic E-state index is 0.545. The average Bonchev–Trinajstić information content (AvgIpc) is 2.62. The fourth-order valence-corrected chi connectivity index (χ4v) is 3.46. The molecule has 1 atom stereocenters. The quantitative estimate of drug-likeness (QED) is 0.771. The van der Waals surface area contributed by atoms with E-state index in [1.165, 1.54) is 55.2 Å². The monoisotopic (exact) mass is 245 g/mol. The van der Waals surface area contributed by atoms with E-state index in [-0.39, 0.29) is 0 Å². The molecule has 1 fully saturated rings. The molecule has 1 aliphatic carbocycles. The molecular formula is C17H27N. The molecule has 18 heavy (non-hydrogen) atoms. The molecule has 1 unspecified atom stereocenters. The molecule has 1 aliphatic rings. The fourth-order valence-electron chi connectivity index (χ4n) is 3.46. The fraction of sp³-hybridized carbons (Fsp3) is 0.647. The number of benzene rings is 1. The Labute approximate surface area is 112 Å². The maximum absolute atomic E-state index is 3.58. The molecule has 1 aromatic rings. The number of nitrogens with one attached hydrogen (secondary N) is 1. The summed E-state index contributed by atoms with van der Waals surface area (Å²) in [5.41, 5.74) is 4.32. The van der Waals surface area contributed by atoms with Crippen molar-refractivity contribution in [3.05, 3.63) is 34.9 Å². The summed E-state index contributed by atoms with van der Waals surface area (Å²) in [6.45, 7) is 4.43. The lowest BCUT2D eigenvalue weighted by atomic mass is 9.85. The molecule has 1 N–H and O–H groups in total. The molecule has 0 bridgehead atoms. The van der Waals surface area contributed by atoms with Crippen LogP contribution in [0.15, 0.2) is 18.2 Å². The minimum atomic E-state index is 0.545. The van der Waals surface area contributed by atoms with E-state index in [1.807, 2.05) is 0 Å². The average molecular weight is 245 g/mol. The van der Waals surface area contributed by atoms with Crippen LogP contribution in [-0.4, -0.2) is 7.05 Å². The second kappa shape index (κ2) is 6.38. The van der Waals surface area contributed by atoms with Crippen LogP contribution in [-0.2, 0) is 0 Å². The third kappa shape index (κ3) is 3.14. The molecule has 0 aromatic heterocycles. The van der Waals surface area contributed by atoms with Gasteiger partial charge in [-0.2, -0.15) is 0 Å². The highest BCUT2D eigenvalue weighted by Gasteiger charge is 2.23. The number of rotatable bonds is 3. The van der Waals surface area contributed by atoms with Crippen molar-refractivity contribution >= 4 is 0 Å². The first-order chi connectivity index (χ1) is 8.72. The Hall–Kier alpha value is -0.820. The van der Waals surface area contributed by atoms with Crippen LogP contribution < -0.4 is 5.32 Å². The maximum Gasteiger partial charge on any atom is 0.0348 e. The molecule has 0 amide bonds. The topological polar surface area (TPSA) is 12.0 Å². The number of hydrogen-bond donors (Lipinski definition) is 1. The Bertz CT molecular complexity index is 375. The Morgan fingerprint density at radius 1 is 1.06 bits per heavy atom. The molecule has 1 saturated carbocycles. The largest absolute Gasteiger partial charge is 0.313 e. The van der Waals surface area contributed by atoms with E-state index in [2.05, 4.69) is 44.4 Å². The van der Waals surface area contributed by atoms with Crippen molar-refractivity contribution in [2.45, 2.75) is 58.4 Å². The van der Waals surface area contributed by atoms with E-state index in [9.17, 15) is 0 Å². The van der Waals surface area contributed by atoms with Crippen LogP contribution in [0.5, 0.6) is 0 Å². The normalized spacial score (nSPS) is 19.5. The minimum Gasteiger partial charge on any atom is -0.313 e. The molecule has 0 saturated heterocycles. The number of aryl methyl sites for hydroxylation is 2. The third-order valence-corrected chi connectivity index (χ3v) is 4.44. The van der Waals surface area contributed by atoms with Gasteiger partial charge in [0.2, 0.25) is 0 Å². The molecule has 2 rings (SSSR count). The summed E-state index contributed by atoms with van der Waals surface area (Å²) in [7, 11) is 2.12. The highest BCUT2D eigenvalue weighted by atomic mass is 14.9. The van der Waals surface area contributed by atoms with Gasteiger partial charge in [0.15, 0.2) is 0 Å². The molecular weight excluding hydrogens is 218 g/mol. The van der Waals surface area contributed by atoms with Gasteiger partial charge in [0.05, 0.1) is 0 Å². The first-order valence-corrected chi connectivity index (χ1v) is 7.47. The van der Waals surface area contributed by atoms with Gasteiger partial charge in [-0.1, -0.05) is 49.4 Å². The van der Waals surface area contributed by atoms with E-state index >= 15 is 0 Å². The first kappa shape index (κ1) is 13.6. The van der Waals surface area contributed by atoms with Crippen LogP contribution in [0.25, 0.3) is 0 Å². The second-order valence-electron chi connectivity index (χ2n) is 5.88. The summed E-state index contributed by atoms with van der Waals surface area (Å²) in [5, 5.41) is 3.58. The Morgan fingerprint density at radius 2 is 1.72 bits per heavy atom. The molecule has 1 heteroatoms. The van der Waals surface area contributed by atoms with Gasteiger partial charge in [-0.05, 0) is 50.8 Å². The van der Waals surface area contributed by atoms with Gasteiger partial charge in [0.25, 0.3) is 0 Å². The van der Waals surface area contributed by atoms with Crippen LogP contribution in [0, 0.1) is 19.8 Å². The van der Waals surface area contributed by atoms with Gasteiger partial charge in [-0.3, -0.25) is 0 Å². The van der Waals surface area contributed by atoms with Crippen LogP contribution in [0.1, 0.15) is 61.3 Å². The molecule has 1 aromatic carbocycles. The Balaban J connectivity index is 2.20. The summed E-state index contributed by atoms with van der Waals surface area (Å²) in [6, 6.07) is 7.44. The van der Waals surface area contributed by atoms with Gasteiger partial charge in [0.1, 0.15) is 0 Å². The predicted molar refractivity (Wildman–Crippen MR) is 78.9 cm³/mol. The summed E-state index contributed by atoms with van der Waals surface area (Å²) in [5.74, 6) is 0.818. The van der Waals surface area contributed by atoms with Crippen LogP contribution in [0.3, 0.4) is 0 Å². The highest BCUT2D eigenvalue weighted by molar-refractivity contribution is 5.33. The van der Waals surface area contributed by atoms with Crippen molar-refractivity contribution in [1.29, 1.82) is 0 Å². The zero-order valence-corrected chi connectivity index (χ0v) is 12.1. The van der Waals surface area contributed by atoms with E-state index < -0.39 is 0 Å². The van der Waals surface area contributed by atoms with Crippen molar-refractivity contribution in [2.24, 2.45) is 5.92 Å². The smallest absolute Gasteiger partial charge is 0.0348 e. The van der Waals surface area contributed by atoms with Gasteiger partial charge < -0.3 is 5.32 Å². The molecule has 0 heterocycles. The van der Waals surface area contributed by atoms with E-state index in [0.29, 0.717) is 6.04 Å². The predicted octanol–water partition coefficient (Wildman–Crippen LogP) is 4.53. The first-order valence-electron chi connectivity index (χ1n) is 7.47. The van der Waals surface area contributed by atoms with E-state index in [4.69, 9.17) is 0 Å². The number of hydrogen-bond acceptors (Lipinski definition) is 1. The molecule has 0 aliphatic heterocycles. The Morgan fingerprint density at radius 3 is 2.28 bits per heavy atom. The molecule has 0 radical (unpaired) electrons.